The summed E-state index contributed by atoms with van der Waals surface area (Å²) in [7, 11) is 1.68. The van der Waals surface area contributed by atoms with Crippen molar-refractivity contribution in [3.8, 4) is 5.75 Å². The molecule has 1 aromatic rings. The van der Waals surface area contributed by atoms with Crippen molar-refractivity contribution < 1.29 is 4.74 Å². The lowest BCUT2D eigenvalue weighted by Gasteiger charge is -2.25. The predicted molar refractivity (Wildman–Crippen MR) is 66.0 cm³/mol. The smallest absolute Gasteiger partial charge is 0.160 e. The highest BCUT2D eigenvalue weighted by atomic mass is 16.5. The molecule has 16 heavy (non-hydrogen) atoms. The summed E-state index contributed by atoms with van der Waals surface area (Å²) in [6.07, 6.45) is 7.29. The van der Waals surface area contributed by atoms with E-state index in [0.717, 1.165) is 29.6 Å². The normalized spacial score (nSPS) is 15.6. The van der Waals surface area contributed by atoms with Crippen molar-refractivity contribution in [1.82, 2.24) is 4.98 Å². The van der Waals surface area contributed by atoms with Gasteiger partial charge in [0.2, 0.25) is 0 Å². The molecule has 3 nitrogen and oxygen atoms in total. The van der Waals surface area contributed by atoms with E-state index in [-0.39, 0.29) is 0 Å². The molecule has 0 atom stereocenters. The van der Waals surface area contributed by atoms with E-state index in [4.69, 9.17) is 4.74 Å². The van der Waals surface area contributed by atoms with Gasteiger partial charge >= 0.3 is 0 Å². The van der Waals surface area contributed by atoms with Crippen LogP contribution < -0.4 is 10.1 Å². The number of aromatic nitrogens is 1. The van der Waals surface area contributed by atoms with Gasteiger partial charge in [0.15, 0.2) is 5.75 Å². The van der Waals surface area contributed by atoms with Gasteiger partial charge in [-0.05, 0) is 25.3 Å². The van der Waals surface area contributed by atoms with Crippen LogP contribution in [0.3, 0.4) is 0 Å². The molecule has 1 fully saturated rings. The molecule has 0 aliphatic heterocycles. The van der Waals surface area contributed by atoms with Crippen LogP contribution in [0, 0.1) is 12.8 Å². The third-order valence-electron chi connectivity index (χ3n) is 3.32. The molecule has 1 N–H and O–H groups in total. The lowest BCUT2D eigenvalue weighted by Crippen LogP contribution is -2.15. The molecule has 0 spiro atoms. The summed E-state index contributed by atoms with van der Waals surface area (Å²) in [4.78, 5) is 4.22. The van der Waals surface area contributed by atoms with Gasteiger partial charge in [-0.2, -0.15) is 0 Å². The van der Waals surface area contributed by atoms with Crippen LogP contribution in [-0.2, 0) is 0 Å². The second-order valence-electron chi connectivity index (χ2n) is 4.54. The van der Waals surface area contributed by atoms with Crippen molar-refractivity contribution in [3.05, 3.63) is 18.0 Å². The van der Waals surface area contributed by atoms with Gasteiger partial charge in [0, 0.05) is 12.2 Å². The number of hydrogen-bond donors (Lipinski definition) is 1. The van der Waals surface area contributed by atoms with E-state index in [2.05, 4.69) is 10.3 Å². The Morgan fingerprint density at radius 1 is 1.50 bits per heavy atom. The quantitative estimate of drug-likeness (QED) is 0.828. The van der Waals surface area contributed by atoms with Crippen LogP contribution in [0.5, 0.6) is 5.75 Å². The Hall–Kier alpha value is -1.25. The number of nitrogens with one attached hydrogen (secondary N) is 1. The topological polar surface area (TPSA) is 34.1 Å². The first-order chi connectivity index (χ1) is 7.79. The zero-order valence-electron chi connectivity index (χ0n) is 10.1. The molecule has 88 valence electrons. The summed E-state index contributed by atoms with van der Waals surface area (Å²) < 4.78 is 5.27. The van der Waals surface area contributed by atoms with Gasteiger partial charge in [0.1, 0.15) is 0 Å². The van der Waals surface area contributed by atoms with E-state index in [9.17, 15) is 0 Å². The highest BCUT2D eigenvalue weighted by molar-refractivity contribution is 5.55. The maximum Gasteiger partial charge on any atom is 0.160 e. The number of ether oxygens (including phenoxy) is 1. The van der Waals surface area contributed by atoms with Crippen molar-refractivity contribution in [2.45, 2.75) is 32.6 Å². The van der Waals surface area contributed by atoms with E-state index in [0.29, 0.717) is 0 Å². The zero-order chi connectivity index (χ0) is 11.4. The predicted octanol–water partition coefficient (Wildman–Crippen LogP) is 3.00. The third-order valence-corrected chi connectivity index (χ3v) is 3.32. The van der Waals surface area contributed by atoms with Crippen LogP contribution in [0.1, 0.15) is 31.4 Å². The Balaban J connectivity index is 1.88. The van der Waals surface area contributed by atoms with Gasteiger partial charge in [0.05, 0.1) is 19.0 Å². The Labute approximate surface area is 97.2 Å². The Morgan fingerprint density at radius 3 is 2.94 bits per heavy atom. The largest absolute Gasteiger partial charge is 0.493 e. The average Bonchev–Trinajstić information content (AvgIpc) is 2.22. The Bertz CT molecular complexity index is 348. The summed E-state index contributed by atoms with van der Waals surface area (Å²) in [5, 5.41) is 3.44. The fourth-order valence-electron chi connectivity index (χ4n) is 2.04. The van der Waals surface area contributed by atoms with Crippen LogP contribution in [-0.4, -0.2) is 18.6 Å². The summed E-state index contributed by atoms with van der Waals surface area (Å²) in [6, 6.07) is 2.04. The summed E-state index contributed by atoms with van der Waals surface area (Å²) in [5.74, 6) is 1.78. The molecule has 0 bridgehead atoms. The average molecular weight is 220 g/mol. The fourth-order valence-corrected chi connectivity index (χ4v) is 2.04. The molecule has 1 saturated carbocycles. The van der Waals surface area contributed by atoms with Crippen molar-refractivity contribution in [2.24, 2.45) is 5.92 Å². The molecule has 0 saturated heterocycles. The molecular formula is C13H20N2O. The first kappa shape index (κ1) is 11.2. The number of nitrogens with zero attached hydrogens (tertiary/aromatic N) is 1. The van der Waals surface area contributed by atoms with Crippen LogP contribution in [0.25, 0.3) is 0 Å². The molecule has 2 rings (SSSR count). The second-order valence-corrected chi connectivity index (χ2v) is 4.54. The van der Waals surface area contributed by atoms with Crippen LogP contribution in [0.15, 0.2) is 12.3 Å². The fraction of sp³-hybridized carbons (Fsp3) is 0.615. The molecule has 0 amide bonds. The maximum absolute atomic E-state index is 5.27. The first-order valence-corrected chi connectivity index (χ1v) is 6.04. The number of pyridine rings is 1. The van der Waals surface area contributed by atoms with Gasteiger partial charge in [-0.3, -0.25) is 4.98 Å². The van der Waals surface area contributed by atoms with E-state index < -0.39 is 0 Å². The molecule has 0 unspecified atom stereocenters. The molecule has 1 aliphatic carbocycles. The molecule has 1 aliphatic rings. The number of anilines is 1. The number of rotatable bonds is 5. The van der Waals surface area contributed by atoms with Crippen molar-refractivity contribution in [3.63, 3.8) is 0 Å². The van der Waals surface area contributed by atoms with Gasteiger partial charge in [0.25, 0.3) is 0 Å². The zero-order valence-corrected chi connectivity index (χ0v) is 10.1. The van der Waals surface area contributed by atoms with E-state index in [1.54, 1.807) is 13.3 Å². The summed E-state index contributed by atoms with van der Waals surface area (Å²) in [5.41, 5.74) is 2.08. The lowest BCUT2D eigenvalue weighted by atomic mass is 9.83. The van der Waals surface area contributed by atoms with E-state index in [1.165, 1.54) is 25.7 Å². The van der Waals surface area contributed by atoms with Gasteiger partial charge in [-0.25, -0.2) is 0 Å². The highest BCUT2D eigenvalue weighted by Crippen LogP contribution is 2.30. The van der Waals surface area contributed by atoms with Crippen molar-refractivity contribution in [1.29, 1.82) is 0 Å². The minimum atomic E-state index is 0.833. The maximum atomic E-state index is 5.27. The van der Waals surface area contributed by atoms with Crippen LogP contribution in [0.2, 0.25) is 0 Å². The highest BCUT2D eigenvalue weighted by Gasteiger charge is 2.16. The lowest BCUT2D eigenvalue weighted by molar-refractivity contribution is 0.303. The van der Waals surface area contributed by atoms with Crippen molar-refractivity contribution in [2.75, 3.05) is 19.0 Å². The van der Waals surface area contributed by atoms with E-state index in [1.807, 2.05) is 13.0 Å². The second kappa shape index (κ2) is 5.19. The number of hydrogen-bond acceptors (Lipinski definition) is 3. The van der Waals surface area contributed by atoms with Gasteiger partial charge in [-0.1, -0.05) is 19.3 Å². The first-order valence-electron chi connectivity index (χ1n) is 6.04. The van der Waals surface area contributed by atoms with Crippen LogP contribution >= 0.6 is 0 Å². The standard InChI is InChI=1S/C13H20N2O/c1-10-8-12(13(16-2)9-15-10)14-7-6-11-4-3-5-11/h8-9,11H,3-7H2,1-2H3,(H,14,15). The van der Waals surface area contributed by atoms with Gasteiger partial charge in [-0.15, -0.1) is 0 Å². The van der Waals surface area contributed by atoms with Gasteiger partial charge < -0.3 is 10.1 Å². The molecule has 3 heteroatoms. The third kappa shape index (κ3) is 2.65. The minimum absolute atomic E-state index is 0.833. The minimum Gasteiger partial charge on any atom is -0.493 e. The monoisotopic (exact) mass is 220 g/mol. The van der Waals surface area contributed by atoms with Crippen LogP contribution in [0.4, 0.5) is 5.69 Å². The Morgan fingerprint density at radius 2 is 2.31 bits per heavy atom. The van der Waals surface area contributed by atoms with Crippen molar-refractivity contribution >= 4 is 5.69 Å². The molecule has 1 heterocycles. The van der Waals surface area contributed by atoms with E-state index >= 15 is 0 Å². The summed E-state index contributed by atoms with van der Waals surface area (Å²) >= 11 is 0. The molecule has 1 aromatic heterocycles. The number of aryl methyl sites for hydroxylation is 1. The SMILES string of the molecule is COc1cnc(C)cc1NCCC1CCC1. The Kier molecular flexibility index (Phi) is 3.65. The molecular weight excluding hydrogens is 200 g/mol. The molecule has 0 radical (unpaired) electrons. The number of methoxy groups -OCH3 is 1. The molecule has 0 aromatic carbocycles. The summed E-state index contributed by atoms with van der Waals surface area (Å²) in [6.45, 7) is 3.03.